The van der Waals surface area contributed by atoms with Gasteiger partial charge in [0.2, 0.25) is 5.71 Å². The quantitative estimate of drug-likeness (QED) is 0.220. The Kier molecular flexibility index (Phi) is 6.73. The normalized spacial score (nSPS) is 20.6. The molecule has 4 rings (SSSR count). The van der Waals surface area contributed by atoms with E-state index in [0.29, 0.717) is 26.4 Å². The van der Waals surface area contributed by atoms with Crippen molar-refractivity contribution in [3.8, 4) is 0 Å². The lowest BCUT2D eigenvalue weighted by atomic mass is 10.0. The molecule has 2 aromatic heterocycles. The van der Waals surface area contributed by atoms with Gasteiger partial charge in [-0.2, -0.15) is 0 Å². The van der Waals surface area contributed by atoms with Crippen LogP contribution in [-0.2, 0) is 19.2 Å². The summed E-state index contributed by atoms with van der Waals surface area (Å²) in [7, 11) is 1.29. The van der Waals surface area contributed by atoms with Gasteiger partial charge >= 0.3 is 5.97 Å². The van der Waals surface area contributed by atoms with Crippen molar-refractivity contribution in [3.05, 3.63) is 26.8 Å². The highest BCUT2D eigenvalue weighted by Gasteiger charge is 2.54. The molecule has 2 aliphatic heterocycles. The lowest BCUT2D eigenvalue weighted by Gasteiger charge is -2.49. The summed E-state index contributed by atoms with van der Waals surface area (Å²) >= 11 is 5.26. The molecule has 2 aliphatic rings. The number of nitrogens with one attached hydrogen (secondary N) is 1. The van der Waals surface area contributed by atoms with Crippen molar-refractivity contribution in [1.82, 2.24) is 30.6 Å². The number of carboxylic acids is 1. The number of aromatic nitrogens is 4. The molecule has 2 aromatic rings. The lowest BCUT2D eigenvalue weighted by Crippen LogP contribution is -2.71. The first-order chi connectivity index (χ1) is 15.4. The fraction of sp³-hybridized carbons (Fsp3) is 0.375. The van der Waals surface area contributed by atoms with Gasteiger partial charge < -0.3 is 15.3 Å². The van der Waals surface area contributed by atoms with Crippen molar-refractivity contribution in [1.29, 1.82) is 0 Å². The number of amides is 2. The summed E-state index contributed by atoms with van der Waals surface area (Å²) in [6, 6.07) is -0.893. The number of hydrogen-bond acceptors (Lipinski definition) is 13. The number of carbonyl (C=O) groups is 3. The van der Waals surface area contributed by atoms with Gasteiger partial charge in [-0.15, -0.1) is 32.2 Å². The highest BCUT2D eigenvalue weighted by molar-refractivity contribution is 8.01. The van der Waals surface area contributed by atoms with E-state index in [2.05, 4.69) is 30.9 Å². The van der Waals surface area contributed by atoms with Gasteiger partial charge in [0.05, 0.1) is 0 Å². The SMILES string of the molecule is CO/N=C(/C(=O)NC1C(=O)N2C(C(=O)O)=C(CSc3nncs3)CS[C@H]12)c1nnc(C)s1. The molecular formula is C16H15N7O5S4. The summed E-state index contributed by atoms with van der Waals surface area (Å²) < 4.78 is 0.714. The van der Waals surface area contributed by atoms with Gasteiger partial charge in [-0.1, -0.05) is 39.6 Å². The van der Waals surface area contributed by atoms with Crippen LogP contribution in [0.2, 0.25) is 0 Å². The predicted molar refractivity (Wildman–Crippen MR) is 119 cm³/mol. The minimum Gasteiger partial charge on any atom is -0.477 e. The molecule has 16 heteroatoms. The number of β-lactam (4-membered cyclic amide) rings is 1. The van der Waals surface area contributed by atoms with E-state index < -0.39 is 29.2 Å². The van der Waals surface area contributed by atoms with Crippen LogP contribution in [0.4, 0.5) is 0 Å². The Labute approximate surface area is 197 Å². The Balaban J connectivity index is 1.49. The van der Waals surface area contributed by atoms with E-state index in [0.717, 1.165) is 11.3 Å². The fourth-order valence-corrected chi connectivity index (χ4v) is 6.68. The molecule has 32 heavy (non-hydrogen) atoms. The van der Waals surface area contributed by atoms with Crippen molar-refractivity contribution < 1.29 is 24.3 Å². The van der Waals surface area contributed by atoms with E-state index in [1.807, 2.05) is 0 Å². The van der Waals surface area contributed by atoms with Crippen molar-refractivity contribution in [2.45, 2.75) is 22.7 Å². The number of aliphatic carboxylic acids is 1. The monoisotopic (exact) mass is 513 g/mol. The molecule has 0 spiro atoms. The second-order valence-electron chi connectivity index (χ2n) is 6.36. The number of nitrogens with zero attached hydrogens (tertiary/aromatic N) is 6. The summed E-state index contributed by atoms with van der Waals surface area (Å²) in [6.45, 7) is 1.73. The van der Waals surface area contributed by atoms with E-state index in [1.165, 1.54) is 46.9 Å². The van der Waals surface area contributed by atoms with Gasteiger partial charge in [0.15, 0.2) is 9.35 Å². The van der Waals surface area contributed by atoms with Gasteiger partial charge in [-0.3, -0.25) is 14.5 Å². The van der Waals surface area contributed by atoms with Crippen molar-refractivity contribution in [2.24, 2.45) is 5.16 Å². The lowest BCUT2D eigenvalue weighted by molar-refractivity contribution is -0.150. The molecule has 0 bridgehead atoms. The largest absolute Gasteiger partial charge is 0.477 e. The fourth-order valence-electron chi connectivity index (χ4n) is 3.04. The maximum Gasteiger partial charge on any atom is 0.352 e. The average Bonchev–Trinajstić information content (AvgIpc) is 3.45. The maximum atomic E-state index is 12.8. The Morgan fingerprint density at radius 1 is 1.41 bits per heavy atom. The number of fused-ring (bicyclic) bond motifs is 1. The predicted octanol–water partition coefficient (Wildman–Crippen LogP) is 0.579. The van der Waals surface area contributed by atoms with Gasteiger partial charge in [-0.05, 0) is 12.5 Å². The van der Waals surface area contributed by atoms with E-state index in [4.69, 9.17) is 4.84 Å². The zero-order valence-electron chi connectivity index (χ0n) is 16.5. The van der Waals surface area contributed by atoms with Crippen LogP contribution in [0.15, 0.2) is 26.3 Å². The molecular weight excluding hydrogens is 498 g/mol. The average molecular weight is 514 g/mol. The third-order valence-electron chi connectivity index (χ3n) is 4.37. The van der Waals surface area contributed by atoms with E-state index in [1.54, 1.807) is 12.4 Å². The molecule has 12 nitrogen and oxygen atoms in total. The molecule has 0 radical (unpaired) electrons. The third kappa shape index (κ3) is 4.35. The van der Waals surface area contributed by atoms with Gasteiger partial charge in [0.25, 0.3) is 11.8 Å². The minimum atomic E-state index is -1.19. The number of hydrogen-bond donors (Lipinski definition) is 2. The molecule has 1 fully saturated rings. The molecule has 1 unspecified atom stereocenters. The highest BCUT2D eigenvalue weighted by Crippen LogP contribution is 2.41. The van der Waals surface area contributed by atoms with E-state index in [-0.39, 0.29) is 16.4 Å². The number of carbonyl (C=O) groups excluding carboxylic acids is 2. The van der Waals surface area contributed by atoms with Crippen LogP contribution in [0.1, 0.15) is 10.0 Å². The first kappa shape index (κ1) is 22.6. The molecule has 1 saturated heterocycles. The molecule has 0 saturated carbocycles. The summed E-state index contributed by atoms with van der Waals surface area (Å²) in [5, 5.41) is 31.9. The van der Waals surface area contributed by atoms with Crippen LogP contribution in [0.3, 0.4) is 0 Å². The molecule has 2 atom stereocenters. The van der Waals surface area contributed by atoms with Crippen LogP contribution < -0.4 is 5.32 Å². The second-order valence-corrected chi connectivity index (χ2v) is 10.7. The Morgan fingerprint density at radius 3 is 2.84 bits per heavy atom. The summed E-state index contributed by atoms with van der Waals surface area (Å²) in [6.07, 6.45) is 0. The highest BCUT2D eigenvalue weighted by atomic mass is 32.2. The summed E-state index contributed by atoms with van der Waals surface area (Å²) in [5.41, 5.74) is 2.06. The van der Waals surface area contributed by atoms with Crippen molar-refractivity contribution in [3.63, 3.8) is 0 Å². The van der Waals surface area contributed by atoms with Crippen molar-refractivity contribution in [2.75, 3.05) is 18.6 Å². The van der Waals surface area contributed by atoms with E-state index in [9.17, 15) is 19.5 Å². The molecule has 4 heterocycles. The molecule has 2 N–H and O–H groups in total. The number of aryl methyl sites for hydroxylation is 1. The van der Waals surface area contributed by atoms with Gasteiger partial charge in [0.1, 0.15) is 34.7 Å². The number of carboxylic acid groups (broad SMARTS) is 1. The first-order valence-corrected chi connectivity index (χ1v) is 12.6. The van der Waals surface area contributed by atoms with Crippen LogP contribution in [0, 0.1) is 6.92 Å². The number of oxime groups is 1. The number of rotatable bonds is 8. The minimum absolute atomic E-state index is 0.0493. The zero-order chi connectivity index (χ0) is 22.8. The molecule has 0 aromatic carbocycles. The standard InChI is InChI=1S/C16H15N7O5S4/c1-6-19-20-12(32-6)8(22-28-2)11(24)18-9-13(25)23-10(15(26)27)7(3-29-14(9)23)4-30-16-21-17-5-31-16/h5,9,14H,3-4H2,1-2H3,(H,18,24)(H,26,27)/b22-8-/t9?,14-/m1/s1. The van der Waals surface area contributed by atoms with Gasteiger partial charge in [-0.25, -0.2) is 4.79 Å². The van der Waals surface area contributed by atoms with Crippen LogP contribution in [0.5, 0.6) is 0 Å². The van der Waals surface area contributed by atoms with Crippen molar-refractivity contribution >= 4 is 69.7 Å². The zero-order valence-corrected chi connectivity index (χ0v) is 19.8. The molecule has 168 valence electrons. The van der Waals surface area contributed by atoms with Gasteiger partial charge in [0, 0.05) is 11.5 Å². The van der Waals surface area contributed by atoms with Crippen LogP contribution >= 0.6 is 46.2 Å². The Morgan fingerprint density at radius 2 is 2.22 bits per heavy atom. The second kappa shape index (κ2) is 9.51. The summed E-state index contributed by atoms with van der Waals surface area (Å²) in [4.78, 5) is 43.5. The number of thioether (sulfide) groups is 2. The smallest absolute Gasteiger partial charge is 0.352 e. The Bertz CT molecular complexity index is 1120. The first-order valence-electron chi connectivity index (χ1n) is 8.92. The molecule has 2 amide bonds. The maximum absolute atomic E-state index is 12.8. The summed E-state index contributed by atoms with van der Waals surface area (Å²) in [5.74, 6) is -1.56. The Hall–Kier alpha value is -2.56. The van der Waals surface area contributed by atoms with Crippen LogP contribution in [0.25, 0.3) is 0 Å². The third-order valence-corrected chi connectivity index (χ3v) is 8.50. The van der Waals surface area contributed by atoms with E-state index >= 15 is 0 Å². The topological polar surface area (TPSA) is 160 Å². The van der Waals surface area contributed by atoms with Crippen LogP contribution in [-0.4, -0.2) is 83.9 Å². The molecule has 0 aliphatic carbocycles.